The molecule has 16 heteroatoms. The van der Waals surface area contributed by atoms with Crippen molar-refractivity contribution in [2.45, 2.75) is 38.2 Å². The molecule has 0 aliphatic heterocycles. The molecule has 1 atom stereocenters. The van der Waals surface area contributed by atoms with Crippen LogP contribution in [0.1, 0.15) is 57.5 Å². The average Bonchev–Trinajstić information content (AvgIpc) is 3.73. The molecule has 1 unspecified atom stereocenters. The highest BCUT2D eigenvalue weighted by molar-refractivity contribution is 7.22. The van der Waals surface area contributed by atoms with Gasteiger partial charge in [-0.1, -0.05) is 49.3 Å². The van der Waals surface area contributed by atoms with Crippen LogP contribution in [0.3, 0.4) is 0 Å². The van der Waals surface area contributed by atoms with E-state index in [-0.39, 0.29) is 25.8 Å². The van der Waals surface area contributed by atoms with Gasteiger partial charge in [-0.25, -0.2) is 29.0 Å². The molecule has 0 bridgehead atoms. The van der Waals surface area contributed by atoms with Crippen LogP contribution in [0.2, 0.25) is 0 Å². The second-order valence-corrected chi connectivity index (χ2v) is 14.3. The largest absolute Gasteiger partial charge is 0.494 e. The second kappa shape index (κ2) is 24.6. The zero-order chi connectivity index (χ0) is 44.8. The van der Waals surface area contributed by atoms with E-state index in [1.165, 1.54) is 29.7 Å². The van der Waals surface area contributed by atoms with Crippen molar-refractivity contribution in [2.24, 2.45) is 5.10 Å². The monoisotopic (exact) mass is 875 g/mol. The van der Waals surface area contributed by atoms with Crippen LogP contribution in [-0.2, 0) is 39.8 Å². The van der Waals surface area contributed by atoms with E-state index < -0.39 is 36.0 Å². The SMILES string of the molecule is C=CC(=O)OCOc1ccc(C(=O)OCCc2ccc(OC(=O)c3ccc(OCCCCCC(COC(=O)C=C)OC(=O)C=C)cc3)c(/C=N/Nc3nc4ccccc4s3)c2)cc1. The van der Waals surface area contributed by atoms with Crippen LogP contribution in [0.5, 0.6) is 17.2 Å². The van der Waals surface area contributed by atoms with E-state index in [0.29, 0.717) is 65.6 Å². The maximum Gasteiger partial charge on any atom is 0.343 e. The number of fused-ring (bicyclic) bond motifs is 1. The Balaban J connectivity index is 1.14. The number of carbonyl (C=O) groups excluding carboxylic acids is 5. The van der Waals surface area contributed by atoms with Crippen molar-refractivity contribution in [1.29, 1.82) is 0 Å². The summed E-state index contributed by atoms with van der Waals surface area (Å²) in [5, 5.41) is 4.95. The molecule has 1 heterocycles. The highest BCUT2D eigenvalue weighted by atomic mass is 32.1. The van der Waals surface area contributed by atoms with Gasteiger partial charge in [0.15, 0.2) is 0 Å². The maximum absolute atomic E-state index is 13.3. The Kier molecular flexibility index (Phi) is 18.2. The Morgan fingerprint density at radius 1 is 0.714 bits per heavy atom. The molecule has 0 spiro atoms. The summed E-state index contributed by atoms with van der Waals surface area (Å²) in [6, 6.07) is 25.7. The predicted molar refractivity (Wildman–Crippen MR) is 236 cm³/mol. The van der Waals surface area contributed by atoms with Crippen molar-refractivity contribution in [2.75, 3.05) is 32.0 Å². The number of unbranched alkanes of at least 4 members (excludes halogenated alkanes) is 2. The number of rotatable bonds is 25. The number of para-hydroxylation sites is 1. The molecule has 5 aromatic rings. The number of esters is 5. The van der Waals surface area contributed by atoms with Crippen molar-refractivity contribution < 1.29 is 57.1 Å². The smallest absolute Gasteiger partial charge is 0.343 e. The first-order valence-corrected chi connectivity index (χ1v) is 20.5. The van der Waals surface area contributed by atoms with Crippen molar-refractivity contribution in [3.05, 3.63) is 151 Å². The summed E-state index contributed by atoms with van der Waals surface area (Å²) in [7, 11) is 0. The van der Waals surface area contributed by atoms with Crippen molar-refractivity contribution >= 4 is 62.7 Å². The Bertz CT molecular complexity index is 2380. The third kappa shape index (κ3) is 15.4. The third-order valence-electron chi connectivity index (χ3n) is 8.80. The van der Waals surface area contributed by atoms with Crippen molar-refractivity contribution in [1.82, 2.24) is 4.98 Å². The standard InChI is InChI=1S/C47H45N3O12S/c1-4-42(51)58-30-38(61-44(53)6-3)12-8-7-11-26-56-36-20-18-34(19-21-36)46(55)62-40-24-15-32(28-35(40)29-48-50-47-49-39-13-9-10-14-41(39)63-47)25-27-57-45(54)33-16-22-37(23-17-33)59-31-60-43(52)5-2/h4-6,9-10,13-24,28-29,38H,1-3,7-8,11-12,25-27,30-31H2,(H,49,50)/b48-29+. The van der Waals surface area contributed by atoms with Crippen LogP contribution in [0.15, 0.2) is 134 Å². The highest BCUT2D eigenvalue weighted by Crippen LogP contribution is 2.26. The Morgan fingerprint density at radius 3 is 2.11 bits per heavy atom. The van der Waals surface area contributed by atoms with Crippen molar-refractivity contribution in [3.8, 4) is 17.2 Å². The predicted octanol–water partition coefficient (Wildman–Crippen LogP) is 8.19. The fourth-order valence-corrected chi connectivity index (χ4v) is 6.40. The molecular formula is C47H45N3O12S. The van der Waals surface area contributed by atoms with Gasteiger partial charge in [0.25, 0.3) is 0 Å². The quantitative estimate of drug-likeness (QED) is 0.00864. The van der Waals surface area contributed by atoms with Gasteiger partial charge >= 0.3 is 29.8 Å². The fraction of sp³-hybridized carbons (Fsp3) is 0.213. The number of hydrogen-bond acceptors (Lipinski definition) is 16. The molecule has 326 valence electrons. The first-order valence-electron chi connectivity index (χ1n) is 19.7. The van der Waals surface area contributed by atoms with Gasteiger partial charge in [0.05, 0.1) is 40.8 Å². The lowest BCUT2D eigenvalue weighted by Crippen LogP contribution is -2.24. The number of ether oxygens (including phenoxy) is 7. The Hall–Kier alpha value is -7.59. The van der Waals surface area contributed by atoms with Crippen LogP contribution in [0.4, 0.5) is 5.13 Å². The van der Waals surface area contributed by atoms with E-state index in [0.717, 1.165) is 40.4 Å². The van der Waals surface area contributed by atoms with Gasteiger partial charge in [0.1, 0.15) is 30.0 Å². The fourth-order valence-electron chi connectivity index (χ4n) is 5.58. The lowest BCUT2D eigenvalue weighted by molar-refractivity contribution is -0.153. The van der Waals surface area contributed by atoms with E-state index in [4.69, 9.17) is 33.2 Å². The highest BCUT2D eigenvalue weighted by Gasteiger charge is 2.16. The first kappa shape index (κ1) is 46.5. The average molecular weight is 876 g/mol. The van der Waals surface area contributed by atoms with Gasteiger partial charge in [0, 0.05) is 30.2 Å². The minimum absolute atomic E-state index is 0.0609. The van der Waals surface area contributed by atoms with E-state index >= 15 is 0 Å². The van der Waals surface area contributed by atoms with Crippen LogP contribution < -0.4 is 19.6 Å². The number of thiazole rings is 1. The molecule has 15 nitrogen and oxygen atoms in total. The molecule has 0 aliphatic rings. The number of hydrogen-bond donors (Lipinski definition) is 1. The topological polar surface area (TPSA) is 187 Å². The van der Waals surface area contributed by atoms with E-state index in [1.807, 2.05) is 24.3 Å². The summed E-state index contributed by atoms with van der Waals surface area (Å²) < 4.78 is 38.6. The van der Waals surface area contributed by atoms with Gasteiger partial charge in [-0.3, -0.25) is 5.43 Å². The number of nitrogens with zero attached hydrogens (tertiary/aromatic N) is 2. The van der Waals surface area contributed by atoms with Crippen LogP contribution in [0, 0.1) is 0 Å². The van der Waals surface area contributed by atoms with Gasteiger partial charge in [0.2, 0.25) is 11.9 Å². The molecule has 0 fully saturated rings. The van der Waals surface area contributed by atoms with Gasteiger partial charge < -0.3 is 33.2 Å². The summed E-state index contributed by atoms with van der Waals surface area (Å²) in [5.74, 6) is -1.74. The number of carbonyl (C=O) groups is 5. The molecule has 1 aromatic heterocycles. The van der Waals surface area contributed by atoms with Gasteiger partial charge in [-0.15, -0.1) is 0 Å². The Morgan fingerprint density at radius 2 is 1.40 bits per heavy atom. The number of nitrogens with one attached hydrogen (secondary N) is 1. The Labute approximate surface area is 367 Å². The van der Waals surface area contributed by atoms with Crippen LogP contribution in [-0.4, -0.2) is 73.8 Å². The normalized spacial score (nSPS) is 11.2. The molecule has 0 aliphatic carbocycles. The van der Waals surface area contributed by atoms with Crippen LogP contribution in [0.25, 0.3) is 10.2 Å². The second-order valence-electron chi connectivity index (χ2n) is 13.3. The minimum atomic E-state index is -0.617. The lowest BCUT2D eigenvalue weighted by atomic mass is 10.1. The molecule has 63 heavy (non-hydrogen) atoms. The molecule has 4 aromatic carbocycles. The van der Waals surface area contributed by atoms with E-state index in [2.05, 4.69) is 35.2 Å². The summed E-state index contributed by atoms with van der Waals surface area (Å²) in [4.78, 5) is 64.9. The van der Waals surface area contributed by atoms with Gasteiger partial charge in [-0.05, 0) is 104 Å². The summed E-state index contributed by atoms with van der Waals surface area (Å²) in [6.07, 6.45) is 7.05. The van der Waals surface area contributed by atoms with Crippen LogP contribution >= 0.6 is 11.3 Å². The molecule has 0 saturated heterocycles. The molecule has 5 rings (SSSR count). The van der Waals surface area contributed by atoms with Gasteiger partial charge in [-0.2, -0.15) is 5.10 Å². The molecule has 1 N–H and O–H groups in total. The maximum atomic E-state index is 13.3. The first-order chi connectivity index (χ1) is 30.6. The van der Waals surface area contributed by atoms with Crippen molar-refractivity contribution in [3.63, 3.8) is 0 Å². The number of aromatic nitrogens is 1. The minimum Gasteiger partial charge on any atom is -0.494 e. The lowest BCUT2D eigenvalue weighted by Gasteiger charge is -2.16. The number of hydrazone groups is 1. The summed E-state index contributed by atoms with van der Waals surface area (Å²) in [6.45, 7) is 10.2. The molecular weight excluding hydrogens is 831 g/mol. The zero-order valence-electron chi connectivity index (χ0n) is 34.2. The summed E-state index contributed by atoms with van der Waals surface area (Å²) >= 11 is 1.44. The van der Waals surface area contributed by atoms with E-state index in [9.17, 15) is 24.0 Å². The number of benzene rings is 4. The molecule has 0 radical (unpaired) electrons. The third-order valence-corrected chi connectivity index (χ3v) is 9.74. The molecule has 0 amide bonds. The van der Waals surface area contributed by atoms with E-state index in [1.54, 1.807) is 54.6 Å². The molecule has 0 saturated carbocycles. The zero-order valence-corrected chi connectivity index (χ0v) is 35.1. The summed E-state index contributed by atoms with van der Waals surface area (Å²) in [5.41, 5.74) is 5.65. The number of anilines is 1.